The highest BCUT2D eigenvalue weighted by Crippen LogP contribution is 2.33. The first-order chi connectivity index (χ1) is 9.04. The number of aromatic nitrogens is 1. The number of pyridine rings is 1. The van der Waals surface area contributed by atoms with Gasteiger partial charge in [0.2, 0.25) is 5.82 Å². The van der Waals surface area contributed by atoms with Gasteiger partial charge < -0.3 is 10.6 Å². The summed E-state index contributed by atoms with van der Waals surface area (Å²) in [6, 6.07) is 1.68. The van der Waals surface area contributed by atoms with E-state index in [0.717, 1.165) is 19.5 Å². The number of hydrogen-bond acceptors (Lipinski definition) is 5. The molecule has 1 aliphatic heterocycles. The summed E-state index contributed by atoms with van der Waals surface area (Å²) in [6.45, 7) is 6.09. The van der Waals surface area contributed by atoms with Crippen LogP contribution in [0.5, 0.6) is 0 Å². The Labute approximate surface area is 112 Å². The fraction of sp³-hybridized carbons (Fsp3) is 0.615. The van der Waals surface area contributed by atoms with Gasteiger partial charge in [0.25, 0.3) is 0 Å². The van der Waals surface area contributed by atoms with Crippen LogP contribution in [0.1, 0.15) is 18.9 Å². The number of rotatable bonds is 3. The van der Waals surface area contributed by atoms with E-state index in [1.165, 1.54) is 0 Å². The number of nitrogens with zero attached hydrogens (tertiary/aromatic N) is 3. The molecule has 1 aromatic heterocycles. The van der Waals surface area contributed by atoms with Gasteiger partial charge in [-0.25, -0.2) is 4.98 Å². The van der Waals surface area contributed by atoms with Crippen molar-refractivity contribution < 1.29 is 4.92 Å². The van der Waals surface area contributed by atoms with Crippen molar-refractivity contribution in [1.82, 2.24) is 4.98 Å². The van der Waals surface area contributed by atoms with Gasteiger partial charge in [-0.1, -0.05) is 6.92 Å². The van der Waals surface area contributed by atoms with Gasteiger partial charge in [0, 0.05) is 24.8 Å². The largest absolute Gasteiger partial charge is 0.351 e. The smallest absolute Gasteiger partial charge is 0.314 e. The summed E-state index contributed by atoms with van der Waals surface area (Å²) >= 11 is 0. The maximum Gasteiger partial charge on any atom is 0.314 e. The van der Waals surface area contributed by atoms with Crippen molar-refractivity contribution in [3.63, 3.8) is 0 Å². The molecule has 104 valence electrons. The lowest BCUT2D eigenvalue weighted by Gasteiger charge is -2.37. The fourth-order valence-corrected chi connectivity index (χ4v) is 2.64. The lowest BCUT2D eigenvalue weighted by Crippen LogP contribution is -2.43. The molecule has 2 unspecified atom stereocenters. The zero-order valence-electron chi connectivity index (χ0n) is 11.4. The number of hydrogen-bond donors (Lipinski definition) is 1. The topological polar surface area (TPSA) is 85.3 Å². The van der Waals surface area contributed by atoms with Crippen LogP contribution in [0.25, 0.3) is 0 Å². The monoisotopic (exact) mass is 264 g/mol. The van der Waals surface area contributed by atoms with E-state index in [9.17, 15) is 10.1 Å². The normalized spacial score (nSPS) is 23.4. The van der Waals surface area contributed by atoms with Gasteiger partial charge in [0.1, 0.15) is 0 Å². The molecule has 1 saturated heterocycles. The fourth-order valence-electron chi connectivity index (χ4n) is 2.64. The van der Waals surface area contributed by atoms with Crippen LogP contribution in [-0.2, 0) is 0 Å². The van der Waals surface area contributed by atoms with E-state index in [1.807, 2.05) is 4.90 Å². The van der Waals surface area contributed by atoms with Gasteiger partial charge in [-0.15, -0.1) is 0 Å². The Hall–Kier alpha value is -1.69. The second kappa shape index (κ2) is 5.52. The van der Waals surface area contributed by atoms with Crippen LogP contribution < -0.4 is 10.6 Å². The molecule has 6 nitrogen and oxygen atoms in total. The van der Waals surface area contributed by atoms with Crippen LogP contribution in [-0.4, -0.2) is 29.5 Å². The quantitative estimate of drug-likeness (QED) is 0.663. The van der Waals surface area contributed by atoms with E-state index in [-0.39, 0.29) is 10.6 Å². The summed E-state index contributed by atoms with van der Waals surface area (Å²) in [4.78, 5) is 17.1. The third-order valence-electron chi connectivity index (χ3n) is 4.01. The van der Waals surface area contributed by atoms with Crippen molar-refractivity contribution in [3.05, 3.63) is 27.9 Å². The minimum Gasteiger partial charge on any atom is -0.351 e. The Kier molecular flexibility index (Phi) is 3.99. The van der Waals surface area contributed by atoms with Crippen molar-refractivity contribution in [2.24, 2.45) is 17.6 Å². The predicted octanol–water partition coefficient (Wildman–Crippen LogP) is 1.72. The highest BCUT2D eigenvalue weighted by molar-refractivity contribution is 5.61. The van der Waals surface area contributed by atoms with E-state index in [0.29, 0.717) is 29.8 Å². The number of nitro groups is 1. The van der Waals surface area contributed by atoms with Crippen molar-refractivity contribution in [2.75, 3.05) is 24.5 Å². The Morgan fingerprint density at radius 2 is 2.37 bits per heavy atom. The van der Waals surface area contributed by atoms with E-state index >= 15 is 0 Å². The molecular weight excluding hydrogens is 244 g/mol. The maximum atomic E-state index is 11.2. The highest BCUT2D eigenvalue weighted by atomic mass is 16.6. The molecule has 1 aliphatic rings. The molecule has 0 aliphatic carbocycles. The number of anilines is 1. The van der Waals surface area contributed by atoms with Gasteiger partial charge in [-0.05, 0) is 37.8 Å². The first kappa shape index (κ1) is 13.7. The molecule has 2 heterocycles. The van der Waals surface area contributed by atoms with Gasteiger partial charge in [0.05, 0.1) is 4.92 Å². The first-order valence-electron chi connectivity index (χ1n) is 6.59. The summed E-state index contributed by atoms with van der Waals surface area (Å²) in [5.74, 6) is 1.41. The van der Waals surface area contributed by atoms with E-state index < -0.39 is 0 Å². The average molecular weight is 264 g/mol. The Bertz CT molecular complexity index is 478. The zero-order chi connectivity index (χ0) is 14.0. The molecule has 1 aromatic rings. The molecule has 2 rings (SSSR count). The Morgan fingerprint density at radius 3 is 3.00 bits per heavy atom. The van der Waals surface area contributed by atoms with E-state index in [4.69, 9.17) is 5.73 Å². The number of aryl methyl sites for hydroxylation is 1. The Morgan fingerprint density at radius 1 is 1.63 bits per heavy atom. The van der Waals surface area contributed by atoms with Crippen LogP contribution in [0.3, 0.4) is 0 Å². The average Bonchev–Trinajstić information content (AvgIpc) is 2.38. The van der Waals surface area contributed by atoms with Gasteiger partial charge in [0.15, 0.2) is 0 Å². The van der Waals surface area contributed by atoms with Crippen molar-refractivity contribution >= 4 is 11.5 Å². The molecule has 0 aromatic carbocycles. The van der Waals surface area contributed by atoms with Gasteiger partial charge in [-0.3, -0.25) is 10.1 Å². The van der Waals surface area contributed by atoms with Crippen molar-refractivity contribution in [2.45, 2.75) is 20.3 Å². The lowest BCUT2D eigenvalue weighted by molar-refractivity contribution is -0.384. The molecule has 6 heteroatoms. The Balaban J connectivity index is 2.32. The molecular formula is C13H20N4O2. The summed E-state index contributed by atoms with van der Waals surface area (Å²) < 4.78 is 0. The second-order valence-corrected chi connectivity index (χ2v) is 5.26. The summed E-state index contributed by atoms with van der Waals surface area (Å²) in [7, 11) is 0. The third-order valence-corrected chi connectivity index (χ3v) is 4.01. The van der Waals surface area contributed by atoms with Crippen LogP contribution in [0.15, 0.2) is 12.3 Å². The minimum atomic E-state index is -0.340. The molecule has 1 fully saturated rings. The molecule has 0 spiro atoms. The number of nitrogens with two attached hydrogens (primary N) is 1. The molecule has 0 bridgehead atoms. The maximum absolute atomic E-state index is 11.2. The summed E-state index contributed by atoms with van der Waals surface area (Å²) in [5, 5.41) is 11.2. The summed E-state index contributed by atoms with van der Waals surface area (Å²) in [5.41, 5.74) is 6.55. The van der Waals surface area contributed by atoms with Gasteiger partial charge in [-0.2, -0.15) is 0 Å². The molecule has 0 radical (unpaired) electrons. The first-order valence-corrected chi connectivity index (χ1v) is 6.59. The van der Waals surface area contributed by atoms with Crippen molar-refractivity contribution in [3.8, 4) is 0 Å². The molecule has 0 saturated carbocycles. The standard InChI is InChI=1S/C13H20N4O2/c1-9-4-6-16(8-11(9)7-14)13-12(17(18)19)10(2)3-5-15-13/h3,5,9,11H,4,6-8,14H2,1-2H3. The molecule has 2 N–H and O–H groups in total. The van der Waals surface area contributed by atoms with E-state index in [2.05, 4.69) is 11.9 Å². The predicted molar refractivity (Wildman–Crippen MR) is 74.2 cm³/mol. The highest BCUT2D eigenvalue weighted by Gasteiger charge is 2.30. The summed E-state index contributed by atoms with van der Waals surface area (Å²) in [6.07, 6.45) is 2.63. The third kappa shape index (κ3) is 2.68. The zero-order valence-corrected chi connectivity index (χ0v) is 11.4. The van der Waals surface area contributed by atoms with Crippen LogP contribution in [0.4, 0.5) is 11.5 Å². The SMILES string of the molecule is Cc1ccnc(N2CCC(C)C(CN)C2)c1[N+](=O)[O-]. The second-order valence-electron chi connectivity index (χ2n) is 5.26. The van der Waals surface area contributed by atoms with Crippen LogP contribution >= 0.6 is 0 Å². The van der Waals surface area contributed by atoms with Crippen LogP contribution in [0, 0.1) is 28.9 Å². The van der Waals surface area contributed by atoms with Crippen molar-refractivity contribution in [1.29, 1.82) is 0 Å². The number of piperidine rings is 1. The van der Waals surface area contributed by atoms with Gasteiger partial charge >= 0.3 is 5.69 Å². The minimum absolute atomic E-state index is 0.118. The molecule has 2 atom stereocenters. The van der Waals surface area contributed by atoms with E-state index in [1.54, 1.807) is 19.2 Å². The molecule has 19 heavy (non-hydrogen) atoms. The molecule has 0 amide bonds. The van der Waals surface area contributed by atoms with Crippen LogP contribution in [0.2, 0.25) is 0 Å². The lowest BCUT2D eigenvalue weighted by atomic mass is 9.87.